The van der Waals surface area contributed by atoms with Crippen LogP contribution in [-0.4, -0.2) is 53.1 Å². The average molecular weight is 343 g/mol. The van der Waals surface area contributed by atoms with Crippen molar-refractivity contribution in [1.82, 2.24) is 14.4 Å². The van der Waals surface area contributed by atoms with Gasteiger partial charge in [-0.15, -0.1) is 0 Å². The molecule has 1 fully saturated rings. The number of amides is 1. The van der Waals surface area contributed by atoms with Crippen molar-refractivity contribution in [1.29, 1.82) is 0 Å². The van der Waals surface area contributed by atoms with Crippen LogP contribution >= 0.6 is 0 Å². The minimum absolute atomic E-state index is 0.0660. The molecule has 0 radical (unpaired) electrons. The Kier molecular flexibility index (Phi) is 4.63. The third kappa shape index (κ3) is 3.24. The van der Waals surface area contributed by atoms with Crippen molar-refractivity contribution in [3.8, 4) is 0 Å². The fourth-order valence-electron chi connectivity index (χ4n) is 3.86. The van der Waals surface area contributed by atoms with Crippen LogP contribution in [0.1, 0.15) is 41.2 Å². The molecule has 2 aromatic rings. The van der Waals surface area contributed by atoms with E-state index < -0.39 is 0 Å². The molecular formula is C19H25N3O3. The van der Waals surface area contributed by atoms with Crippen LogP contribution in [0.15, 0.2) is 35.1 Å². The molecule has 2 aliphatic heterocycles. The number of carbonyl (C=O) groups is 1. The first kappa shape index (κ1) is 16.4. The van der Waals surface area contributed by atoms with E-state index >= 15 is 0 Å². The van der Waals surface area contributed by atoms with E-state index in [-0.39, 0.29) is 11.9 Å². The molecule has 1 saturated heterocycles. The zero-order valence-corrected chi connectivity index (χ0v) is 14.7. The molecule has 6 nitrogen and oxygen atoms in total. The molecule has 2 aliphatic rings. The number of carbonyl (C=O) groups excluding carboxylic acids is 1. The topological polar surface area (TPSA) is 50.9 Å². The molecule has 0 aliphatic carbocycles. The number of rotatable bonds is 4. The smallest absolute Gasteiger partial charge is 0.257 e. The fourth-order valence-corrected chi connectivity index (χ4v) is 3.86. The van der Waals surface area contributed by atoms with Gasteiger partial charge in [0.1, 0.15) is 12.0 Å². The summed E-state index contributed by atoms with van der Waals surface area (Å²) in [5.41, 5.74) is 1.88. The number of furan rings is 1. The van der Waals surface area contributed by atoms with Crippen molar-refractivity contribution in [2.24, 2.45) is 0 Å². The zero-order chi connectivity index (χ0) is 17.2. The van der Waals surface area contributed by atoms with Gasteiger partial charge in [-0.2, -0.15) is 0 Å². The van der Waals surface area contributed by atoms with Gasteiger partial charge >= 0.3 is 0 Å². The Morgan fingerprint density at radius 2 is 2.08 bits per heavy atom. The molecule has 1 amide bonds. The molecule has 25 heavy (non-hydrogen) atoms. The molecule has 0 saturated carbocycles. The second-order valence-corrected chi connectivity index (χ2v) is 6.74. The molecular weight excluding hydrogens is 318 g/mol. The van der Waals surface area contributed by atoms with Crippen LogP contribution in [0.4, 0.5) is 0 Å². The van der Waals surface area contributed by atoms with Crippen LogP contribution in [0.25, 0.3) is 0 Å². The molecule has 1 atom stereocenters. The van der Waals surface area contributed by atoms with Gasteiger partial charge in [0.15, 0.2) is 0 Å². The first-order valence-corrected chi connectivity index (χ1v) is 9.10. The third-order valence-corrected chi connectivity index (χ3v) is 5.20. The highest BCUT2D eigenvalue weighted by molar-refractivity contribution is 5.94. The quantitative estimate of drug-likeness (QED) is 0.856. The first-order valence-electron chi connectivity index (χ1n) is 9.10. The maximum atomic E-state index is 13.0. The number of morpholine rings is 1. The second-order valence-electron chi connectivity index (χ2n) is 6.74. The fraction of sp³-hybridized carbons (Fsp3) is 0.526. The van der Waals surface area contributed by atoms with Gasteiger partial charge in [0, 0.05) is 38.1 Å². The lowest BCUT2D eigenvalue weighted by atomic mass is 10.1. The van der Waals surface area contributed by atoms with E-state index in [4.69, 9.17) is 9.15 Å². The van der Waals surface area contributed by atoms with Crippen molar-refractivity contribution >= 4 is 5.91 Å². The molecule has 0 aromatic carbocycles. The number of hydrogen-bond donors (Lipinski definition) is 0. The van der Waals surface area contributed by atoms with Crippen LogP contribution in [-0.2, 0) is 17.8 Å². The summed E-state index contributed by atoms with van der Waals surface area (Å²) in [5.74, 6) is 0.912. The van der Waals surface area contributed by atoms with Crippen molar-refractivity contribution < 1.29 is 13.9 Å². The Hall–Kier alpha value is -2.05. The Morgan fingerprint density at radius 1 is 1.24 bits per heavy atom. The molecule has 4 heterocycles. The lowest BCUT2D eigenvalue weighted by Gasteiger charge is -2.36. The molecule has 0 spiro atoms. The molecule has 134 valence electrons. The number of ether oxygens (including phenoxy) is 1. The average Bonchev–Trinajstić information content (AvgIpc) is 3.30. The highest BCUT2D eigenvalue weighted by Gasteiger charge is 2.31. The lowest BCUT2D eigenvalue weighted by Crippen LogP contribution is -2.41. The number of hydrogen-bond acceptors (Lipinski definition) is 4. The van der Waals surface area contributed by atoms with Crippen molar-refractivity contribution in [2.45, 2.75) is 32.5 Å². The van der Waals surface area contributed by atoms with Crippen LogP contribution in [0, 0.1) is 0 Å². The van der Waals surface area contributed by atoms with Gasteiger partial charge in [0.05, 0.1) is 31.4 Å². The summed E-state index contributed by atoms with van der Waals surface area (Å²) in [6.45, 7) is 7.79. The summed E-state index contributed by atoms with van der Waals surface area (Å²) in [4.78, 5) is 17.3. The maximum Gasteiger partial charge on any atom is 0.257 e. The number of nitrogens with zero attached hydrogens (tertiary/aromatic N) is 3. The Labute approximate surface area is 147 Å². The monoisotopic (exact) mass is 343 g/mol. The van der Waals surface area contributed by atoms with Crippen molar-refractivity contribution in [3.63, 3.8) is 0 Å². The lowest BCUT2D eigenvalue weighted by molar-refractivity contribution is 0.0313. The van der Waals surface area contributed by atoms with Crippen molar-refractivity contribution in [3.05, 3.63) is 47.7 Å². The minimum Gasteiger partial charge on any atom is -0.467 e. The normalized spacial score (nSPS) is 21.3. The molecule has 2 aromatic heterocycles. The summed E-state index contributed by atoms with van der Waals surface area (Å²) in [7, 11) is 0. The van der Waals surface area contributed by atoms with Crippen molar-refractivity contribution in [2.75, 3.05) is 32.8 Å². The third-order valence-electron chi connectivity index (χ3n) is 5.20. The molecule has 6 heteroatoms. The largest absolute Gasteiger partial charge is 0.467 e. The van der Waals surface area contributed by atoms with Crippen LogP contribution in [0.3, 0.4) is 0 Å². The van der Waals surface area contributed by atoms with Gasteiger partial charge in [-0.25, -0.2) is 0 Å². The molecule has 0 unspecified atom stereocenters. The van der Waals surface area contributed by atoms with E-state index in [9.17, 15) is 4.79 Å². The Balaban J connectivity index is 1.47. The van der Waals surface area contributed by atoms with E-state index in [1.165, 1.54) is 5.69 Å². The predicted molar refractivity (Wildman–Crippen MR) is 93.3 cm³/mol. The van der Waals surface area contributed by atoms with Gasteiger partial charge in [-0.3, -0.25) is 9.69 Å². The maximum absolute atomic E-state index is 13.0. The summed E-state index contributed by atoms with van der Waals surface area (Å²) < 4.78 is 13.3. The Bertz CT molecular complexity index is 730. The first-order chi connectivity index (χ1) is 12.3. The molecule has 0 bridgehead atoms. The van der Waals surface area contributed by atoms with E-state index in [1.54, 1.807) is 6.26 Å². The minimum atomic E-state index is 0.0660. The van der Waals surface area contributed by atoms with Gasteiger partial charge in [0.25, 0.3) is 5.91 Å². The summed E-state index contributed by atoms with van der Waals surface area (Å²) in [5, 5.41) is 0. The second kappa shape index (κ2) is 7.06. The SMILES string of the molecule is CC[C@H]1c2cccn2CCN1C(=O)c1coc(CN2CCOCC2)c1. The standard InChI is InChI=1S/C19H25N3O3/c1-2-17-18-4-3-5-21(18)6-7-22(17)19(23)15-12-16(25-14-15)13-20-8-10-24-11-9-20/h3-5,12,14,17H,2,6-11,13H2,1H3/t17-/m0/s1. The van der Waals surface area contributed by atoms with Gasteiger partial charge in [0.2, 0.25) is 0 Å². The number of aromatic nitrogens is 1. The highest BCUT2D eigenvalue weighted by Crippen LogP contribution is 2.30. The number of fused-ring (bicyclic) bond motifs is 1. The summed E-state index contributed by atoms with van der Waals surface area (Å²) in [6.07, 6.45) is 4.62. The highest BCUT2D eigenvalue weighted by atomic mass is 16.5. The van der Waals surface area contributed by atoms with E-state index in [2.05, 4.69) is 34.7 Å². The Morgan fingerprint density at radius 3 is 2.88 bits per heavy atom. The van der Waals surface area contributed by atoms with Crippen LogP contribution in [0.2, 0.25) is 0 Å². The van der Waals surface area contributed by atoms with Crippen LogP contribution < -0.4 is 0 Å². The molecule has 4 rings (SSSR count). The van der Waals surface area contributed by atoms with E-state index in [1.807, 2.05) is 11.0 Å². The summed E-state index contributed by atoms with van der Waals surface area (Å²) >= 11 is 0. The molecule has 0 N–H and O–H groups in total. The summed E-state index contributed by atoms with van der Waals surface area (Å²) in [6, 6.07) is 6.21. The predicted octanol–water partition coefficient (Wildman–Crippen LogP) is 2.52. The van der Waals surface area contributed by atoms with E-state index in [0.29, 0.717) is 5.56 Å². The van der Waals surface area contributed by atoms with Gasteiger partial charge < -0.3 is 18.6 Å². The van der Waals surface area contributed by atoms with Gasteiger partial charge in [-0.05, 0) is 24.6 Å². The van der Waals surface area contributed by atoms with Crippen LogP contribution in [0.5, 0.6) is 0 Å². The zero-order valence-electron chi connectivity index (χ0n) is 14.7. The van der Waals surface area contributed by atoms with E-state index in [0.717, 1.165) is 58.1 Å². The van der Waals surface area contributed by atoms with Gasteiger partial charge in [-0.1, -0.05) is 6.92 Å².